The van der Waals surface area contributed by atoms with Crippen LogP contribution in [0.5, 0.6) is 0 Å². The van der Waals surface area contributed by atoms with Crippen molar-refractivity contribution in [3.8, 4) is 0 Å². The predicted molar refractivity (Wildman–Crippen MR) is 117 cm³/mol. The molecule has 3 nitrogen and oxygen atoms in total. The molecule has 1 aromatic carbocycles. The Bertz CT molecular complexity index is 844. The number of carbonyl (C=O) groups is 1. The molecule has 5 heteroatoms. The molecule has 3 aliphatic rings. The van der Waals surface area contributed by atoms with E-state index in [0.717, 1.165) is 4.88 Å². The summed E-state index contributed by atoms with van der Waals surface area (Å²) < 4.78 is 1.20. The van der Waals surface area contributed by atoms with Crippen LogP contribution in [0.15, 0.2) is 24.3 Å². The summed E-state index contributed by atoms with van der Waals surface area (Å²) in [5, 5.41) is 4.56. The largest absolute Gasteiger partial charge is 0.346 e. The molecule has 0 unspecified atom stereocenters. The van der Waals surface area contributed by atoms with Crippen LogP contribution in [0.25, 0.3) is 10.1 Å². The number of hydrogen-bond donors (Lipinski definition) is 1. The number of fused-ring (bicyclic) bond motifs is 4. The third-order valence-corrected chi connectivity index (χ3v) is 7.58. The fourth-order valence-corrected chi connectivity index (χ4v) is 5.70. The fraction of sp³-hybridized carbons (Fsp3) is 0.591. The number of rotatable bonds is 2. The molecule has 3 saturated heterocycles. The van der Waals surface area contributed by atoms with Crippen molar-refractivity contribution < 1.29 is 4.79 Å². The molecule has 1 N–H and O–H groups in total. The first-order valence-electron chi connectivity index (χ1n) is 9.76. The second-order valence-electron chi connectivity index (χ2n) is 9.54. The van der Waals surface area contributed by atoms with Crippen molar-refractivity contribution in [1.29, 1.82) is 0 Å². The zero-order valence-electron chi connectivity index (χ0n) is 17.0. The van der Waals surface area contributed by atoms with Crippen LogP contribution in [-0.4, -0.2) is 35.5 Å². The van der Waals surface area contributed by atoms with Gasteiger partial charge in [-0.2, -0.15) is 0 Å². The van der Waals surface area contributed by atoms with E-state index in [4.69, 9.17) is 0 Å². The number of hydrogen-bond acceptors (Lipinski definition) is 3. The van der Waals surface area contributed by atoms with E-state index in [-0.39, 0.29) is 35.3 Å². The molecule has 5 rings (SSSR count). The Morgan fingerprint density at radius 2 is 1.85 bits per heavy atom. The maximum absolute atomic E-state index is 13.0. The summed E-state index contributed by atoms with van der Waals surface area (Å²) >= 11 is 1.62. The minimum atomic E-state index is 0. The van der Waals surface area contributed by atoms with E-state index in [1.165, 1.54) is 41.6 Å². The summed E-state index contributed by atoms with van der Waals surface area (Å²) in [7, 11) is 0. The Kier molecular flexibility index (Phi) is 5.39. The Morgan fingerprint density at radius 3 is 2.44 bits per heavy atom. The maximum Gasteiger partial charge on any atom is 0.261 e. The van der Waals surface area contributed by atoms with Crippen LogP contribution in [0.3, 0.4) is 0 Å². The van der Waals surface area contributed by atoms with Gasteiger partial charge in [-0.25, -0.2) is 0 Å². The van der Waals surface area contributed by atoms with E-state index < -0.39 is 0 Å². The summed E-state index contributed by atoms with van der Waals surface area (Å²) in [5.41, 5.74) is 1.49. The molecule has 0 spiro atoms. The summed E-state index contributed by atoms with van der Waals surface area (Å²) in [5.74, 6) is 0.705. The Labute approximate surface area is 172 Å². The van der Waals surface area contributed by atoms with Gasteiger partial charge in [-0.1, -0.05) is 32.9 Å². The molecule has 3 aliphatic heterocycles. The number of halogens is 1. The van der Waals surface area contributed by atoms with Crippen LogP contribution >= 0.6 is 23.7 Å². The molecule has 4 heterocycles. The monoisotopic (exact) mass is 406 g/mol. The highest BCUT2D eigenvalue weighted by Crippen LogP contribution is 2.39. The lowest BCUT2D eigenvalue weighted by atomic mass is 9.72. The van der Waals surface area contributed by atoms with Gasteiger partial charge < -0.3 is 5.32 Å². The van der Waals surface area contributed by atoms with Gasteiger partial charge in [0, 0.05) is 16.3 Å². The van der Waals surface area contributed by atoms with Gasteiger partial charge in [0.2, 0.25) is 0 Å². The molecular formula is C22H31ClN2OS. The van der Waals surface area contributed by atoms with Crippen molar-refractivity contribution in [2.24, 2.45) is 5.92 Å². The fourth-order valence-electron chi connectivity index (χ4n) is 4.70. The van der Waals surface area contributed by atoms with Crippen molar-refractivity contribution in [3.05, 3.63) is 34.7 Å². The highest BCUT2D eigenvalue weighted by atomic mass is 35.5. The molecule has 0 aliphatic carbocycles. The summed E-state index contributed by atoms with van der Waals surface area (Å²) in [6, 6.07) is 8.88. The van der Waals surface area contributed by atoms with Crippen LogP contribution in [0.1, 0.15) is 62.7 Å². The van der Waals surface area contributed by atoms with Gasteiger partial charge in [0.05, 0.1) is 4.88 Å². The molecule has 1 amide bonds. The quantitative estimate of drug-likeness (QED) is 0.741. The summed E-state index contributed by atoms with van der Waals surface area (Å²) in [6.45, 7) is 13.6. The average Bonchev–Trinajstić information content (AvgIpc) is 3.01. The van der Waals surface area contributed by atoms with Crippen LogP contribution in [0.4, 0.5) is 0 Å². The van der Waals surface area contributed by atoms with Gasteiger partial charge in [-0.3, -0.25) is 9.69 Å². The van der Waals surface area contributed by atoms with Crippen LogP contribution < -0.4 is 5.32 Å². The van der Waals surface area contributed by atoms with Crippen molar-refractivity contribution >= 4 is 39.7 Å². The summed E-state index contributed by atoms with van der Waals surface area (Å²) in [6.07, 6.45) is 2.41. The van der Waals surface area contributed by atoms with Gasteiger partial charge in [0.1, 0.15) is 0 Å². The molecule has 0 radical (unpaired) electrons. The first-order valence-corrected chi connectivity index (χ1v) is 10.6. The minimum Gasteiger partial charge on any atom is -0.346 e. The maximum atomic E-state index is 13.0. The van der Waals surface area contributed by atoms with Gasteiger partial charge in [-0.05, 0) is 74.2 Å². The second kappa shape index (κ2) is 7.06. The SMILES string of the molecule is CC(C)(C)c1ccc2cc(C(=O)N[C@@H]3C4CCN(CC4)C3(C)C)sc2c1.Cl. The van der Waals surface area contributed by atoms with E-state index in [1.807, 2.05) is 0 Å². The molecule has 2 bridgehead atoms. The van der Waals surface area contributed by atoms with Crippen molar-refractivity contribution in [1.82, 2.24) is 10.2 Å². The predicted octanol–water partition coefficient (Wildman–Crippen LogP) is 5.22. The number of amides is 1. The van der Waals surface area contributed by atoms with E-state index in [0.29, 0.717) is 5.92 Å². The molecule has 148 valence electrons. The topological polar surface area (TPSA) is 32.3 Å². The molecule has 1 atom stereocenters. The number of piperidine rings is 3. The zero-order chi connectivity index (χ0) is 18.7. The van der Waals surface area contributed by atoms with Gasteiger partial charge in [0.15, 0.2) is 0 Å². The number of thiophene rings is 1. The van der Waals surface area contributed by atoms with Gasteiger partial charge in [0.25, 0.3) is 5.91 Å². The molecule has 3 fully saturated rings. The standard InChI is InChI=1S/C22H30N2OS.ClH/c1-21(2,3)16-7-6-15-12-18(26-17(15)13-16)20(25)23-19-14-8-10-24(11-9-14)22(19,4)5;/h6-7,12-14,19H,8-11H2,1-5H3,(H,23,25);1H/t19-;/m1./s1. The second-order valence-corrected chi connectivity index (χ2v) is 10.6. The van der Waals surface area contributed by atoms with Gasteiger partial charge >= 0.3 is 0 Å². The third-order valence-electron chi connectivity index (χ3n) is 6.48. The Morgan fingerprint density at radius 1 is 1.19 bits per heavy atom. The lowest BCUT2D eigenvalue weighted by Gasteiger charge is -2.56. The third kappa shape index (κ3) is 3.64. The first-order chi connectivity index (χ1) is 12.2. The molecule has 0 saturated carbocycles. The zero-order valence-corrected chi connectivity index (χ0v) is 18.6. The Hall–Kier alpha value is -1.10. The van der Waals surface area contributed by atoms with Crippen LogP contribution in [-0.2, 0) is 5.41 Å². The Balaban J connectivity index is 0.00000210. The number of carbonyl (C=O) groups excluding carboxylic acids is 1. The highest BCUT2D eigenvalue weighted by Gasteiger charge is 2.48. The van der Waals surface area contributed by atoms with E-state index in [1.54, 1.807) is 11.3 Å². The van der Waals surface area contributed by atoms with E-state index in [2.05, 4.69) is 69.1 Å². The molecule has 2 aromatic rings. The molecule has 27 heavy (non-hydrogen) atoms. The lowest BCUT2D eigenvalue weighted by Crippen LogP contribution is -2.69. The van der Waals surface area contributed by atoms with E-state index >= 15 is 0 Å². The van der Waals surface area contributed by atoms with Gasteiger partial charge in [-0.15, -0.1) is 23.7 Å². The van der Waals surface area contributed by atoms with Crippen LogP contribution in [0.2, 0.25) is 0 Å². The average molecular weight is 407 g/mol. The summed E-state index contributed by atoms with van der Waals surface area (Å²) in [4.78, 5) is 16.4. The number of nitrogens with one attached hydrogen (secondary N) is 1. The van der Waals surface area contributed by atoms with Crippen molar-refractivity contribution in [2.75, 3.05) is 13.1 Å². The van der Waals surface area contributed by atoms with Crippen LogP contribution in [0, 0.1) is 5.92 Å². The molecule has 1 aromatic heterocycles. The molecular weight excluding hydrogens is 376 g/mol. The number of benzene rings is 1. The first kappa shape index (κ1) is 20.6. The normalized spacial score (nSPS) is 26.6. The minimum absolute atomic E-state index is 0. The lowest BCUT2D eigenvalue weighted by molar-refractivity contribution is -0.0377. The van der Waals surface area contributed by atoms with Crippen molar-refractivity contribution in [2.45, 2.75) is 64.5 Å². The number of nitrogens with zero attached hydrogens (tertiary/aromatic N) is 1. The smallest absolute Gasteiger partial charge is 0.261 e. The highest BCUT2D eigenvalue weighted by molar-refractivity contribution is 7.20. The van der Waals surface area contributed by atoms with E-state index in [9.17, 15) is 4.79 Å². The van der Waals surface area contributed by atoms with Crippen molar-refractivity contribution in [3.63, 3.8) is 0 Å².